The van der Waals surface area contributed by atoms with Gasteiger partial charge in [0.1, 0.15) is 0 Å². The van der Waals surface area contributed by atoms with Crippen molar-refractivity contribution >= 4 is 5.97 Å². The molecule has 0 aromatic carbocycles. The quantitative estimate of drug-likeness (QED) is 0.728. The van der Waals surface area contributed by atoms with E-state index in [4.69, 9.17) is 4.74 Å². The molecule has 0 amide bonds. The van der Waals surface area contributed by atoms with E-state index in [1.54, 1.807) is 0 Å². The van der Waals surface area contributed by atoms with Gasteiger partial charge in [0.2, 0.25) is 0 Å². The Balaban J connectivity index is 1.85. The van der Waals surface area contributed by atoms with Gasteiger partial charge in [0.15, 0.2) is 0 Å². The third-order valence-electron chi connectivity index (χ3n) is 3.80. The average molecular weight is 240 g/mol. The summed E-state index contributed by atoms with van der Waals surface area (Å²) in [5.74, 6) is 0.422. The molecule has 17 heavy (non-hydrogen) atoms. The molecule has 1 heterocycles. The van der Waals surface area contributed by atoms with Crippen LogP contribution < -0.4 is 5.32 Å². The van der Waals surface area contributed by atoms with Crippen LogP contribution in [0, 0.1) is 5.92 Å². The first-order valence-electron chi connectivity index (χ1n) is 6.79. The zero-order chi connectivity index (χ0) is 12.3. The van der Waals surface area contributed by atoms with Gasteiger partial charge in [0.05, 0.1) is 6.61 Å². The minimum absolute atomic E-state index is 0.0370. The lowest BCUT2D eigenvalue weighted by Gasteiger charge is -2.37. The maximum Gasteiger partial charge on any atom is 0.306 e. The first-order chi connectivity index (χ1) is 8.22. The number of esters is 1. The highest BCUT2D eigenvalue weighted by Gasteiger charge is 2.36. The van der Waals surface area contributed by atoms with E-state index in [1.807, 2.05) is 14.0 Å². The van der Waals surface area contributed by atoms with Crippen molar-refractivity contribution in [2.75, 3.05) is 26.7 Å². The van der Waals surface area contributed by atoms with Gasteiger partial charge in [-0.3, -0.25) is 9.69 Å². The van der Waals surface area contributed by atoms with E-state index in [2.05, 4.69) is 10.2 Å². The predicted molar refractivity (Wildman–Crippen MR) is 66.8 cm³/mol. The summed E-state index contributed by atoms with van der Waals surface area (Å²) in [6, 6.07) is 1.32. The molecule has 1 aliphatic carbocycles. The molecule has 0 bridgehead atoms. The normalized spacial score (nSPS) is 30.2. The summed E-state index contributed by atoms with van der Waals surface area (Å²) < 4.78 is 5.05. The van der Waals surface area contributed by atoms with Gasteiger partial charge in [-0.1, -0.05) is 0 Å². The van der Waals surface area contributed by atoms with Crippen LogP contribution in [-0.2, 0) is 9.53 Å². The van der Waals surface area contributed by atoms with Gasteiger partial charge in [-0.2, -0.15) is 0 Å². The SMILES string of the molecule is CCOC(=O)CC1CC(NC)CN(C2CC2)C1. The largest absolute Gasteiger partial charge is 0.466 e. The lowest BCUT2D eigenvalue weighted by molar-refractivity contribution is -0.144. The topological polar surface area (TPSA) is 41.6 Å². The highest BCUT2D eigenvalue weighted by atomic mass is 16.5. The predicted octanol–water partition coefficient (Wildman–Crippen LogP) is 1.01. The van der Waals surface area contributed by atoms with Gasteiger partial charge in [0.25, 0.3) is 0 Å². The molecule has 98 valence electrons. The van der Waals surface area contributed by atoms with Crippen LogP contribution in [0.25, 0.3) is 0 Å². The van der Waals surface area contributed by atoms with Crippen molar-refractivity contribution in [1.29, 1.82) is 0 Å². The number of likely N-dealkylation sites (tertiary alicyclic amines) is 1. The zero-order valence-corrected chi connectivity index (χ0v) is 10.9. The second-order valence-electron chi connectivity index (χ2n) is 5.28. The lowest BCUT2D eigenvalue weighted by Crippen LogP contribution is -2.49. The molecule has 4 heteroatoms. The highest BCUT2D eigenvalue weighted by Crippen LogP contribution is 2.32. The molecule has 0 aromatic heterocycles. The Bertz CT molecular complexity index is 266. The van der Waals surface area contributed by atoms with Gasteiger partial charge in [-0.25, -0.2) is 0 Å². The molecule has 2 rings (SSSR count). The van der Waals surface area contributed by atoms with E-state index >= 15 is 0 Å². The van der Waals surface area contributed by atoms with Crippen LogP contribution in [0.1, 0.15) is 32.6 Å². The number of nitrogens with zero attached hydrogens (tertiary/aromatic N) is 1. The maximum absolute atomic E-state index is 11.5. The van der Waals surface area contributed by atoms with Crippen LogP contribution in [0.2, 0.25) is 0 Å². The Morgan fingerprint density at radius 3 is 2.76 bits per heavy atom. The number of hydrogen-bond donors (Lipinski definition) is 1. The van der Waals surface area contributed by atoms with Gasteiger partial charge >= 0.3 is 5.97 Å². The lowest BCUT2D eigenvalue weighted by atomic mass is 9.91. The summed E-state index contributed by atoms with van der Waals surface area (Å²) in [6.45, 7) is 4.57. The number of likely N-dealkylation sites (N-methyl/N-ethyl adjacent to an activating group) is 1. The monoisotopic (exact) mass is 240 g/mol. The van der Waals surface area contributed by atoms with Crippen molar-refractivity contribution in [3.63, 3.8) is 0 Å². The van der Waals surface area contributed by atoms with Crippen molar-refractivity contribution in [1.82, 2.24) is 10.2 Å². The molecule has 1 saturated heterocycles. The summed E-state index contributed by atoms with van der Waals surface area (Å²) >= 11 is 0. The number of carbonyl (C=O) groups is 1. The molecule has 2 atom stereocenters. The van der Waals surface area contributed by atoms with Gasteiger partial charge in [-0.05, 0) is 39.2 Å². The average Bonchev–Trinajstić information content (AvgIpc) is 3.12. The second kappa shape index (κ2) is 5.83. The number of piperidine rings is 1. The molecular weight excluding hydrogens is 216 g/mol. The third kappa shape index (κ3) is 3.68. The Morgan fingerprint density at radius 1 is 1.41 bits per heavy atom. The van der Waals surface area contributed by atoms with Crippen LogP contribution in [0.5, 0.6) is 0 Å². The standard InChI is InChI=1S/C13H24N2O2/c1-3-17-13(16)7-10-6-11(14-2)9-15(8-10)12-4-5-12/h10-12,14H,3-9H2,1-2H3. The van der Waals surface area contributed by atoms with Gasteiger partial charge in [0, 0.05) is 31.6 Å². The third-order valence-corrected chi connectivity index (χ3v) is 3.80. The zero-order valence-electron chi connectivity index (χ0n) is 10.9. The Labute approximate surface area is 104 Å². The Kier molecular flexibility index (Phi) is 4.40. The van der Waals surface area contributed by atoms with Crippen molar-refractivity contribution in [3.8, 4) is 0 Å². The van der Waals surface area contributed by atoms with Gasteiger partial charge < -0.3 is 10.1 Å². The molecule has 0 spiro atoms. The summed E-state index contributed by atoms with van der Waals surface area (Å²) in [5, 5.41) is 3.36. The molecule has 2 aliphatic rings. The number of rotatable bonds is 5. The van der Waals surface area contributed by atoms with Crippen LogP contribution in [-0.4, -0.2) is 49.7 Å². The Hall–Kier alpha value is -0.610. The summed E-state index contributed by atoms with van der Waals surface area (Å²) in [7, 11) is 2.02. The van der Waals surface area contributed by atoms with E-state index in [0.29, 0.717) is 25.0 Å². The molecule has 1 aliphatic heterocycles. The minimum Gasteiger partial charge on any atom is -0.466 e. The van der Waals surface area contributed by atoms with Crippen molar-refractivity contribution in [2.45, 2.75) is 44.7 Å². The molecule has 2 unspecified atom stereocenters. The molecule has 0 aromatic rings. The van der Waals surface area contributed by atoms with Crippen LogP contribution in [0.3, 0.4) is 0 Å². The van der Waals surface area contributed by atoms with Crippen LogP contribution in [0.4, 0.5) is 0 Å². The van der Waals surface area contributed by atoms with E-state index in [0.717, 1.165) is 25.6 Å². The van der Waals surface area contributed by atoms with Gasteiger partial charge in [-0.15, -0.1) is 0 Å². The number of ether oxygens (including phenoxy) is 1. The number of nitrogens with one attached hydrogen (secondary N) is 1. The molecule has 1 N–H and O–H groups in total. The minimum atomic E-state index is -0.0370. The van der Waals surface area contributed by atoms with E-state index in [1.165, 1.54) is 12.8 Å². The Morgan fingerprint density at radius 2 is 2.18 bits per heavy atom. The van der Waals surface area contributed by atoms with E-state index in [9.17, 15) is 4.79 Å². The summed E-state index contributed by atoms with van der Waals surface area (Å²) in [5.41, 5.74) is 0. The molecule has 0 radical (unpaired) electrons. The second-order valence-corrected chi connectivity index (χ2v) is 5.28. The van der Waals surface area contributed by atoms with Crippen LogP contribution in [0.15, 0.2) is 0 Å². The number of carbonyl (C=O) groups excluding carboxylic acids is 1. The molecular formula is C13H24N2O2. The van der Waals surface area contributed by atoms with Crippen molar-refractivity contribution in [3.05, 3.63) is 0 Å². The maximum atomic E-state index is 11.5. The highest BCUT2D eigenvalue weighted by molar-refractivity contribution is 5.69. The fourth-order valence-corrected chi connectivity index (χ4v) is 2.79. The van der Waals surface area contributed by atoms with E-state index in [-0.39, 0.29) is 5.97 Å². The fraction of sp³-hybridized carbons (Fsp3) is 0.923. The first-order valence-corrected chi connectivity index (χ1v) is 6.79. The van der Waals surface area contributed by atoms with E-state index < -0.39 is 0 Å². The van der Waals surface area contributed by atoms with Crippen LogP contribution >= 0.6 is 0 Å². The summed E-state index contributed by atoms with van der Waals surface area (Å²) in [6.07, 6.45) is 4.35. The molecule has 4 nitrogen and oxygen atoms in total. The number of hydrogen-bond acceptors (Lipinski definition) is 4. The molecule has 1 saturated carbocycles. The first kappa shape index (κ1) is 12.8. The van der Waals surface area contributed by atoms with Crippen molar-refractivity contribution in [2.24, 2.45) is 5.92 Å². The summed E-state index contributed by atoms with van der Waals surface area (Å²) in [4.78, 5) is 14.1. The molecule has 2 fully saturated rings. The fourth-order valence-electron chi connectivity index (χ4n) is 2.79. The van der Waals surface area contributed by atoms with Crippen molar-refractivity contribution < 1.29 is 9.53 Å². The smallest absolute Gasteiger partial charge is 0.306 e.